The first-order valence-corrected chi connectivity index (χ1v) is 7.73. The first-order chi connectivity index (χ1) is 7.56. The van der Waals surface area contributed by atoms with Gasteiger partial charge in [0, 0.05) is 16.6 Å². The number of carbonyl (C=O) groups excluding carboxylic acids is 1. The van der Waals surface area contributed by atoms with Gasteiger partial charge in [0.05, 0.1) is 14.0 Å². The van der Waals surface area contributed by atoms with E-state index >= 15 is 0 Å². The van der Waals surface area contributed by atoms with Crippen LogP contribution in [0.15, 0.2) is 19.0 Å². The number of aryl methyl sites for hydroxylation is 1. The number of hydrogen-bond donors (Lipinski definition) is 0. The summed E-state index contributed by atoms with van der Waals surface area (Å²) in [6, 6.07) is 1.84. The molecule has 0 saturated heterocycles. The fourth-order valence-electron chi connectivity index (χ4n) is 1.25. The smallest absolute Gasteiger partial charge is 0.171 e. The Morgan fingerprint density at radius 1 is 1.50 bits per heavy atom. The van der Waals surface area contributed by atoms with Crippen molar-refractivity contribution in [3.8, 4) is 0 Å². The van der Waals surface area contributed by atoms with Gasteiger partial charge in [-0.15, -0.1) is 22.7 Å². The predicted molar refractivity (Wildman–Crippen MR) is 74.6 cm³/mol. The second-order valence-corrected chi connectivity index (χ2v) is 7.91. The van der Waals surface area contributed by atoms with E-state index in [1.165, 1.54) is 22.7 Å². The number of halogens is 2. The Balaban J connectivity index is 2.17. The zero-order chi connectivity index (χ0) is 11.7. The van der Waals surface area contributed by atoms with Gasteiger partial charge in [0.1, 0.15) is 5.01 Å². The van der Waals surface area contributed by atoms with Crippen LogP contribution in [0.5, 0.6) is 0 Å². The topological polar surface area (TPSA) is 30.0 Å². The lowest BCUT2D eigenvalue weighted by atomic mass is 10.2. The molecule has 0 saturated carbocycles. The van der Waals surface area contributed by atoms with Crippen LogP contribution in [0, 0.1) is 6.92 Å². The number of nitrogens with zero attached hydrogens (tertiary/aromatic N) is 1. The third-order valence-electron chi connectivity index (χ3n) is 1.94. The minimum Gasteiger partial charge on any atom is -0.294 e. The Labute approximate surface area is 118 Å². The molecule has 2 rings (SSSR count). The van der Waals surface area contributed by atoms with E-state index in [2.05, 4.69) is 36.8 Å². The summed E-state index contributed by atoms with van der Waals surface area (Å²) in [6.07, 6.45) is 0.375. The van der Waals surface area contributed by atoms with Gasteiger partial charge in [-0.2, -0.15) is 0 Å². The van der Waals surface area contributed by atoms with Gasteiger partial charge < -0.3 is 0 Å². The highest BCUT2D eigenvalue weighted by Gasteiger charge is 2.15. The maximum Gasteiger partial charge on any atom is 0.171 e. The Morgan fingerprint density at radius 3 is 2.75 bits per heavy atom. The van der Waals surface area contributed by atoms with E-state index in [0.717, 1.165) is 23.8 Å². The second-order valence-electron chi connectivity index (χ2n) is 3.22. The van der Waals surface area contributed by atoms with Crippen molar-refractivity contribution in [1.29, 1.82) is 0 Å². The highest BCUT2D eigenvalue weighted by atomic mass is 79.9. The van der Waals surface area contributed by atoms with Crippen LogP contribution in [-0.4, -0.2) is 10.8 Å². The number of thiazole rings is 1. The zero-order valence-corrected chi connectivity index (χ0v) is 13.1. The Bertz CT molecular complexity index is 533. The normalized spacial score (nSPS) is 10.7. The Morgan fingerprint density at radius 2 is 2.25 bits per heavy atom. The Kier molecular flexibility index (Phi) is 3.94. The molecule has 0 aliphatic carbocycles. The molecule has 2 aromatic heterocycles. The van der Waals surface area contributed by atoms with Crippen LogP contribution in [-0.2, 0) is 6.42 Å². The molecule has 0 atom stereocenters. The molecule has 0 unspecified atom stereocenters. The van der Waals surface area contributed by atoms with Gasteiger partial charge in [-0.1, -0.05) is 0 Å². The lowest BCUT2D eigenvalue weighted by molar-refractivity contribution is 0.0992. The van der Waals surface area contributed by atoms with Crippen molar-refractivity contribution in [2.24, 2.45) is 0 Å². The van der Waals surface area contributed by atoms with Crippen LogP contribution < -0.4 is 0 Å². The van der Waals surface area contributed by atoms with Crippen LogP contribution >= 0.6 is 54.5 Å². The monoisotopic (exact) mass is 379 g/mol. The van der Waals surface area contributed by atoms with Crippen molar-refractivity contribution in [3.05, 3.63) is 35.3 Å². The summed E-state index contributed by atoms with van der Waals surface area (Å²) in [5.41, 5.74) is 1.70. The predicted octanol–water partition coefficient (Wildman–Crippen LogP) is 4.46. The SMILES string of the molecule is Cc1csc(CC(=O)c2cc(Br)sc2Br)n1. The van der Waals surface area contributed by atoms with E-state index in [0.29, 0.717) is 6.42 Å². The first kappa shape index (κ1) is 12.4. The van der Waals surface area contributed by atoms with Crippen molar-refractivity contribution in [2.45, 2.75) is 13.3 Å². The largest absolute Gasteiger partial charge is 0.294 e. The van der Waals surface area contributed by atoms with Gasteiger partial charge in [0.15, 0.2) is 5.78 Å². The maximum absolute atomic E-state index is 12.0. The van der Waals surface area contributed by atoms with Crippen LogP contribution in [0.4, 0.5) is 0 Å². The molecular formula is C10H7Br2NOS2. The van der Waals surface area contributed by atoms with Crippen molar-refractivity contribution in [2.75, 3.05) is 0 Å². The molecular weight excluding hydrogens is 374 g/mol. The fraction of sp³-hybridized carbons (Fsp3) is 0.200. The number of ketones is 1. The minimum atomic E-state index is 0.100. The average molecular weight is 381 g/mol. The van der Waals surface area contributed by atoms with Gasteiger partial charge in [-0.05, 0) is 44.8 Å². The maximum atomic E-state index is 12.0. The average Bonchev–Trinajstić information content (AvgIpc) is 2.73. The summed E-state index contributed by atoms with van der Waals surface area (Å²) in [6.45, 7) is 1.93. The van der Waals surface area contributed by atoms with Crippen molar-refractivity contribution in [3.63, 3.8) is 0 Å². The number of thiophene rings is 1. The standard InChI is InChI=1S/C10H7Br2NOS2/c1-5-4-15-9(13-5)3-7(14)6-2-8(11)16-10(6)12/h2,4H,3H2,1H3. The molecule has 0 aliphatic heterocycles. The molecule has 0 N–H and O–H groups in total. The van der Waals surface area contributed by atoms with E-state index in [1.807, 2.05) is 18.4 Å². The molecule has 2 heterocycles. The highest BCUT2D eigenvalue weighted by molar-refractivity contribution is 9.12. The molecule has 84 valence electrons. The molecule has 0 aliphatic rings. The van der Waals surface area contributed by atoms with Gasteiger partial charge in [0.25, 0.3) is 0 Å². The summed E-state index contributed by atoms with van der Waals surface area (Å²) >= 11 is 9.79. The van der Waals surface area contributed by atoms with E-state index < -0.39 is 0 Å². The molecule has 0 bridgehead atoms. The molecule has 0 amide bonds. The van der Waals surface area contributed by atoms with Crippen LogP contribution in [0.25, 0.3) is 0 Å². The van der Waals surface area contributed by atoms with Crippen LogP contribution in [0.1, 0.15) is 21.1 Å². The van der Waals surface area contributed by atoms with E-state index in [9.17, 15) is 4.79 Å². The highest BCUT2D eigenvalue weighted by Crippen LogP contribution is 2.32. The zero-order valence-electron chi connectivity index (χ0n) is 8.29. The molecule has 0 radical (unpaired) electrons. The molecule has 0 spiro atoms. The summed E-state index contributed by atoms with van der Waals surface area (Å²) in [7, 11) is 0. The molecule has 0 fully saturated rings. The second kappa shape index (κ2) is 5.08. The fourth-order valence-corrected chi connectivity index (χ4v) is 4.87. The number of Topliss-reactive ketones (excluding diaryl/α,β-unsaturated/α-hetero) is 1. The quantitative estimate of drug-likeness (QED) is 0.735. The third-order valence-corrected chi connectivity index (χ3v) is 5.24. The Hall–Kier alpha value is -0.0400. The molecule has 6 heteroatoms. The number of rotatable bonds is 3. The van der Waals surface area contributed by atoms with Gasteiger partial charge in [0.2, 0.25) is 0 Å². The molecule has 0 aromatic carbocycles. The van der Waals surface area contributed by atoms with E-state index in [-0.39, 0.29) is 5.78 Å². The molecule has 16 heavy (non-hydrogen) atoms. The molecule has 2 nitrogen and oxygen atoms in total. The lowest BCUT2D eigenvalue weighted by Gasteiger charge is -1.95. The first-order valence-electron chi connectivity index (χ1n) is 4.45. The molecule has 2 aromatic rings. The van der Waals surface area contributed by atoms with E-state index in [4.69, 9.17) is 0 Å². The number of aromatic nitrogens is 1. The minimum absolute atomic E-state index is 0.100. The van der Waals surface area contributed by atoms with E-state index in [1.54, 1.807) is 0 Å². The van der Waals surface area contributed by atoms with Gasteiger partial charge in [-0.3, -0.25) is 4.79 Å². The van der Waals surface area contributed by atoms with Crippen LogP contribution in [0.2, 0.25) is 0 Å². The number of hydrogen-bond acceptors (Lipinski definition) is 4. The summed E-state index contributed by atoms with van der Waals surface area (Å²) in [4.78, 5) is 16.3. The van der Waals surface area contributed by atoms with Crippen molar-refractivity contribution < 1.29 is 4.79 Å². The summed E-state index contributed by atoms with van der Waals surface area (Å²) < 4.78 is 1.83. The third kappa shape index (κ3) is 2.80. The van der Waals surface area contributed by atoms with Crippen LogP contribution in [0.3, 0.4) is 0 Å². The lowest BCUT2D eigenvalue weighted by Crippen LogP contribution is -2.02. The summed E-state index contributed by atoms with van der Waals surface area (Å²) in [5.74, 6) is 0.100. The van der Waals surface area contributed by atoms with Crippen molar-refractivity contribution in [1.82, 2.24) is 4.98 Å². The summed E-state index contributed by atoms with van der Waals surface area (Å²) in [5, 5.41) is 2.83. The van der Waals surface area contributed by atoms with Gasteiger partial charge in [-0.25, -0.2) is 4.98 Å². The van der Waals surface area contributed by atoms with Gasteiger partial charge >= 0.3 is 0 Å². The number of carbonyl (C=O) groups is 1. The van der Waals surface area contributed by atoms with Crippen molar-refractivity contribution >= 4 is 60.3 Å².